The minimum atomic E-state index is -3.76. The van der Waals surface area contributed by atoms with Crippen molar-refractivity contribution in [1.82, 2.24) is 0 Å². The van der Waals surface area contributed by atoms with Crippen LogP contribution in [0.2, 0.25) is 0 Å². The van der Waals surface area contributed by atoms with Crippen molar-refractivity contribution in [2.45, 2.75) is 0 Å². The van der Waals surface area contributed by atoms with Crippen LogP contribution in [-0.4, -0.2) is 15.2 Å². The molecule has 2 aliphatic heterocycles. The Hall–Kier alpha value is -8.41. The Bertz CT molecular complexity index is 3110. The van der Waals surface area contributed by atoms with Gasteiger partial charge in [0.15, 0.2) is 15.2 Å². The zero-order valence-corrected chi connectivity index (χ0v) is 40.9. The van der Waals surface area contributed by atoms with Crippen molar-refractivity contribution in [1.29, 1.82) is 0 Å². The fourth-order valence-corrected chi connectivity index (χ4v) is 33.8. The Morgan fingerprint density at radius 1 is 0.143 bits per heavy atom. The predicted octanol–water partition coefficient (Wildman–Crippen LogP) is 15.4. The van der Waals surface area contributed by atoms with Crippen LogP contribution >= 0.6 is 0 Å². The van der Waals surface area contributed by atoms with Gasteiger partial charge in [0.2, 0.25) is 0 Å². The third kappa shape index (κ3) is 6.87. The fourth-order valence-electron chi connectivity index (χ4n) is 12.1. The summed E-state index contributed by atoms with van der Waals surface area (Å²) >= 11 is 0. The molecule has 0 saturated heterocycles. The molecule has 0 radical (unpaired) electrons. The van der Waals surface area contributed by atoms with Crippen LogP contribution in [-0.2, 0) is 0 Å². The molecule has 0 spiro atoms. The smallest absolute Gasteiger partial charge is 0.0624 e. The molecule has 2 heterocycles. The van der Waals surface area contributed by atoms with Crippen molar-refractivity contribution >= 4 is 68.6 Å². The van der Waals surface area contributed by atoms with Crippen molar-refractivity contribution in [2.24, 2.45) is 0 Å². The zero-order valence-electron chi connectivity index (χ0n) is 38.9. The van der Waals surface area contributed by atoms with Gasteiger partial charge in [0, 0.05) is 0 Å². The summed E-state index contributed by atoms with van der Waals surface area (Å²) in [6.07, 6.45) is 0. The summed E-state index contributed by atoms with van der Waals surface area (Å²) in [5.74, 6) is 0. The van der Waals surface area contributed by atoms with Gasteiger partial charge in [-0.3, -0.25) is 0 Å². The predicted molar refractivity (Wildman–Crippen MR) is 302 cm³/mol. The molecule has 0 fully saturated rings. The molecule has 10 aromatic carbocycles. The first kappa shape index (κ1) is 42.9. The molecule has 330 valence electrons. The summed E-state index contributed by atoms with van der Waals surface area (Å²) in [6.45, 7) is 0. The average Bonchev–Trinajstić information content (AvgIpc) is 3.96. The molecule has 0 N–H and O–H groups in total. The van der Waals surface area contributed by atoms with Crippen molar-refractivity contribution in [3.05, 3.63) is 348 Å². The van der Waals surface area contributed by atoms with Crippen LogP contribution < -0.4 is 10.4 Å². The molecular formula is C68H50Si2. The van der Waals surface area contributed by atoms with E-state index in [-0.39, 0.29) is 0 Å². The topological polar surface area (TPSA) is 0 Å². The van der Waals surface area contributed by atoms with E-state index in [4.69, 9.17) is 0 Å². The van der Waals surface area contributed by atoms with E-state index in [2.05, 4.69) is 303 Å². The summed E-state index contributed by atoms with van der Waals surface area (Å²) < 4.78 is 0. The Balaban J connectivity index is 1.48. The first-order valence-corrected chi connectivity index (χ1v) is 29.4. The van der Waals surface area contributed by atoms with Gasteiger partial charge >= 0.3 is 0 Å². The SMILES string of the molecule is c1ccc(C2=C(c3ccccc3)[Si](c3ccccc3)([Si]3(c4ccccc4)C(c4ccccc4)=C(c4ccccc4)C(c4ccccc4)=C3c3ccccc3)C(c3ccccc3)=C2c2ccccc2)cc1. The maximum Gasteiger partial charge on any atom is 0.157 e. The van der Waals surface area contributed by atoms with Gasteiger partial charge in [-0.2, -0.15) is 0 Å². The molecule has 0 unspecified atom stereocenters. The fraction of sp³-hybridized carbons (Fsp3) is 0. The van der Waals surface area contributed by atoms with Gasteiger partial charge in [-0.15, -0.1) is 0 Å². The molecule has 0 atom stereocenters. The van der Waals surface area contributed by atoms with Gasteiger partial charge in [0.05, 0.1) is 0 Å². The van der Waals surface area contributed by atoms with Crippen molar-refractivity contribution in [3.8, 4) is 0 Å². The molecule has 0 nitrogen and oxygen atoms in total. The van der Waals surface area contributed by atoms with Crippen LogP contribution in [0.25, 0.3) is 43.1 Å². The second-order valence-corrected chi connectivity index (χ2v) is 28.8. The molecule has 0 aliphatic carbocycles. The highest BCUT2D eigenvalue weighted by atomic mass is 29.3. The lowest BCUT2D eigenvalue weighted by molar-refractivity contribution is 1.58. The van der Waals surface area contributed by atoms with Crippen LogP contribution in [0.15, 0.2) is 303 Å². The first-order valence-electron chi connectivity index (χ1n) is 24.4. The molecule has 0 saturated carbocycles. The van der Waals surface area contributed by atoms with E-state index in [9.17, 15) is 0 Å². The summed E-state index contributed by atoms with van der Waals surface area (Å²) in [5.41, 5.74) is 15.1. The van der Waals surface area contributed by atoms with Crippen LogP contribution in [0.1, 0.15) is 44.5 Å². The minimum Gasteiger partial charge on any atom is -0.0624 e. The summed E-state index contributed by atoms with van der Waals surface area (Å²) in [5, 5.41) is 8.58. The molecule has 0 amide bonds. The van der Waals surface area contributed by atoms with E-state index in [0.717, 1.165) is 0 Å². The molecule has 0 aromatic heterocycles. The van der Waals surface area contributed by atoms with E-state index in [1.165, 1.54) is 98.0 Å². The number of benzene rings is 10. The largest absolute Gasteiger partial charge is 0.157 e. The van der Waals surface area contributed by atoms with E-state index in [1.54, 1.807) is 0 Å². The van der Waals surface area contributed by atoms with Gasteiger partial charge < -0.3 is 0 Å². The van der Waals surface area contributed by atoms with E-state index in [1.807, 2.05) is 0 Å². The molecule has 0 bridgehead atoms. The van der Waals surface area contributed by atoms with E-state index >= 15 is 0 Å². The van der Waals surface area contributed by atoms with Crippen molar-refractivity contribution in [2.75, 3.05) is 0 Å². The van der Waals surface area contributed by atoms with Gasteiger partial charge in [0.25, 0.3) is 0 Å². The van der Waals surface area contributed by atoms with Gasteiger partial charge in [0.1, 0.15) is 0 Å². The van der Waals surface area contributed by atoms with Crippen LogP contribution in [0.4, 0.5) is 0 Å². The number of hydrogen-bond acceptors (Lipinski definition) is 0. The van der Waals surface area contributed by atoms with E-state index in [0.29, 0.717) is 0 Å². The van der Waals surface area contributed by atoms with Crippen molar-refractivity contribution < 1.29 is 0 Å². The number of hydrogen-bond donors (Lipinski definition) is 0. The Labute approximate surface area is 414 Å². The summed E-state index contributed by atoms with van der Waals surface area (Å²) in [4.78, 5) is 0. The quantitative estimate of drug-likeness (QED) is 0.113. The normalized spacial score (nSPS) is 15.1. The van der Waals surface area contributed by atoms with Crippen LogP contribution in [0.5, 0.6) is 0 Å². The lowest BCUT2D eigenvalue weighted by Gasteiger charge is -2.51. The lowest BCUT2D eigenvalue weighted by atomic mass is 9.89. The van der Waals surface area contributed by atoms with Crippen molar-refractivity contribution in [3.63, 3.8) is 0 Å². The molecule has 2 heteroatoms. The van der Waals surface area contributed by atoms with E-state index < -0.39 is 15.2 Å². The van der Waals surface area contributed by atoms with Crippen LogP contribution in [0, 0.1) is 0 Å². The number of allylic oxidation sites excluding steroid dienone is 4. The average molecular weight is 923 g/mol. The third-order valence-corrected chi connectivity index (χ3v) is 31.3. The second kappa shape index (κ2) is 18.6. The molecule has 10 aromatic rings. The zero-order chi connectivity index (χ0) is 46.7. The summed E-state index contributed by atoms with van der Waals surface area (Å²) in [6, 6.07) is 115. The Morgan fingerprint density at radius 2 is 0.286 bits per heavy atom. The maximum atomic E-state index is 2.51. The standard InChI is InChI=1S/C68H50Si2/c1-11-31-51(32-12-1)61-62(52-33-13-2-14-34-52)66(56-41-21-6-22-42-56)69(59-47-27-9-28-48-59,65(61)55-39-19-5-20-40-55)70(60-49-29-10-30-50-60)67(57-43-23-7-24-44-57)63(53-35-15-3-16-36-53)64(54-37-17-4-18-38-54)68(70)58-45-25-8-26-46-58/h1-50H. The monoisotopic (exact) mass is 922 g/mol. The van der Waals surface area contributed by atoms with Crippen LogP contribution in [0.3, 0.4) is 0 Å². The highest BCUT2D eigenvalue weighted by molar-refractivity contribution is 7.74. The Morgan fingerprint density at radius 3 is 0.457 bits per heavy atom. The third-order valence-electron chi connectivity index (χ3n) is 14.5. The molecule has 70 heavy (non-hydrogen) atoms. The summed E-state index contributed by atoms with van der Waals surface area (Å²) in [7, 11) is -7.51. The van der Waals surface area contributed by atoms with Gasteiger partial charge in [-0.05, 0) is 87.6 Å². The van der Waals surface area contributed by atoms with Gasteiger partial charge in [-0.25, -0.2) is 0 Å². The maximum absolute atomic E-state index is 3.76. The first-order chi connectivity index (χ1) is 34.8. The highest BCUT2D eigenvalue weighted by Gasteiger charge is 2.71. The number of rotatable bonds is 11. The molecule has 12 rings (SSSR count). The Kier molecular flexibility index (Phi) is 11.4. The highest BCUT2D eigenvalue weighted by Crippen LogP contribution is 2.66. The minimum absolute atomic E-state index is 1.22. The molecule has 2 aliphatic rings. The molecular weight excluding hydrogens is 873 g/mol. The second-order valence-electron chi connectivity index (χ2n) is 18.2. The van der Waals surface area contributed by atoms with Gasteiger partial charge in [-0.1, -0.05) is 314 Å². The lowest BCUT2D eigenvalue weighted by Crippen LogP contribution is -2.77.